The van der Waals surface area contributed by atoms with Gasteiger partial charge in [-0.2, -0.15) is 0 Å². The molecule has 1 saturated carbocycles. The molecule has 1 aliphatic heterocycles. The molecule has 4 nitrogen and oxygen atoms in total. The van der Waals surface area contributed by atoms with Crippen LogP contribution >= 0.6 is 0 Å². The first kappa shape index (κ1) is 15.4. The van der Waals surface area contributed by atoms with Crippen molar-refractivity contribution in [2.45, 2.75) is 31.2 Å². The lowest BCUT2D eigenvalue weighted by Crippen LogP contribution is -2.43. The third-order valence-corrected chi connectivity index (χ3v) is 6.14. The van der Waals surface area contributed by atoms with Gasteiger partial charge in [0.25, 0.3) is 0 Å². The highest BCUT2D eigenvalue weighted by Crippen LogP contribution is 2.48. The Kier molecular flexibility index (Phi) is 3.92. The summed E-state index contributed by atoms with van der Waals surface area (Å²) in [6, 6.07) is 3.59. The molecule has 1 N–H and O–H groups in total. The van der Waals surface area contributed by atoms with Gasteiger partial charge in [0.05, 0.1) is 11.5 Å². The zero-order valence-electron chi connectivity index (χ0n) is 11.9. The molecule has 0 bridgehead atoms. The van der Waals surface area contributed by atoms with E-state index < -0.39 is 27.4 Å². The van der Waals surface area contributed by atoms with E-state index >= 15 is 0 Å². The Balaban J connectivity index is 1.62. The summed E-state index contributed by atoms with van der Waals surface area (Å²) in [6.45, 7) is 0. The topological polar surface area (TPSA) is 63.2 Å². The Morgan fingerprint density at radius 3 is 2.77 bits per heavy atom. The third-order valence-electron chi connectivity index (χ3n) is 4.32. The van der Waals surface area contributed by atoms with Crippen LogP contribution in [-0.4, -0.2) is 31.9 Å². The van der Waals surface area contributed by atoms with Gasteiger partial charge in [0.1, 0.15) is 0 Å². The molecular formula is C15H17F2NO3S. The fourth-order valence-electron chi connectivity index (χ4n) is 3.08. The van der Waals surface area contributed by atoms with Crippen molar-refractivity contribution in [2.75, 3.05) is 11.5 Å². The zero-order chi connectivity index (χ0) is 15.9. The van der Waals surface area contributed by atoms with Gasteiger partial charge in [0.2, 0.25) is 5.91 Å². The van der Waals surface area contributed by atoms with E-state index in [4.69, 9.17) is 0 Å². The minimum absolute atomic E-state index is 0.0372. The number of rotatable bonds is 3. The van der Waals surface area contributed by atoms with Crippen molar-refractivity contribution >= 4 is 15.7 Å². The Morgan fingerprint density at radius 1 is 1.27 bits per heavy atom. The van der Waals surface area contributed by atoms with Crippen molar-refractivity contribution < 1.29 is 22.0 Å². The zero-order valence-corrected chi connectivity index (χ0v) is 12.7. The fraction of sp³-hybridized carbons (Fsp3) is 0.533. The smallest absolute Gasteiger partial charge is 0.223 e. The molecule has 2 fully saturated rings. The average molecular weight is 329 g/mol. The number of hydrogen-bond donors (Lipinski definition) is 1. The Bertz CT molecular complexity index is 705. The molecule has 1 amide bonds. The third kappa shape index (κ3) is 3.14. The predicted octanol–water partition coefficient (Wildman–Crippen LogP) is 1.76. The summed E-state index contributed by atoms with van der Waals surface area (Å²) in [4.78, 5) is 12.1. The highest BCUT2D eigenvalue weighted by molar-refractivity contribution is 7.91. The number of amides is 1. The van der Waals surface area contributed by atoms with Crippen LogP contribution < -0.4 is 5.32 Å². The molecule has 1 aromatic carbocycles. The lowest BCUT2D eigenvalue weighted by Gasteiger charge is -2.23. The van der Waals surface area contributed by atoms with Crippen LogP contribution in [-0.2, 0) is 14.6 Å². The second-order valence-electron chi connectivity index (χ2n) is 6.05. The van der Waals surface area contributed by atoms with Crippen molar-refractivity contribution in [3.05, 3.63) is 35.4 Å². The van der Waals surface area contributed by atoms with E-state index in [1.54, 1.807) is 0 Å². The van der Waals surface area contributed by atoms with Gasteiger partial charge in [-0.25, -0.2) is 17.2 Å². The first-order chi connectivity index (χ1) is 10.4. The Hall–Kier alpha value is -1.50. The molecule has 1 aliphatic carbocycles. The van der Waals surface area contributed by atoms with Crippen molar-refractivity contribution in [3.8, 4) is 0 Å². The molecule has 1 saturated heterocycles. The SMILES string of the molecule is O=C(N[C@@H]1CCCS(=O)(=O)C1)[C@H]1C[C@@H]1c1cccc(F)c1F. The van der Waals surface area contributed by atoms with Crippen LogP contribution in [0.25, 0.3) is 0 Å². The molecule has 3 rings (SSSR count). The summed E-state index contributed by atoms with van der Waals surface area (Å²) in [5, 5.41) is 2.74. The summed E-state index contributed by atoms with van der Waals surface area (Å²) < 4.78 is 50.0. The molecular weight excluding hydrogens is 312 g/mol. The van der Waals surface area contributed by atoms with Crippen molar-refractivity contribution in [1.29, 1.82) is 0 Å². The van der Waals surface area contributed by atoms with Crippen LogP contribution in [0.3, 0.4) is 0 Å². The van der Waals surface area contributed by atoms with Gasteiger partial charge in [-0.1, -0.05) is 12.1 Å². The van der Waals surface area contributed by atoms with Gasteiger partial charge in [-0.15, -0.1) is 0 Å². The van der Waals surface area contributed by atoms with Crippen LogP contribution in [0.5, 0.6) is 0 Å². The Labute approximate surface area is 127 Å². The largest absolute Gasteiger partial charge is 0.352 e. The van der Waals surface area contributed by atoms with Crippen molar-refractivity contribution in [3.63, 3.8) is 0 Å². The first-order valence-electron chi connectivity index (χ1n) is 7.32. The molecule has 0 unspecified atom stereocenters. The Morgan fingerprint density at radius 2 is 2.05 bits per heavy atom. The fourth-order valence-corrected chi connectivity index (χ4v) is 4.72. The maximum Gasteiger partial charge on any atom is 0.223 e. The van der Waals surface area contributed by atoms with Gasteiger partial charge >= 0.3 is 0 Å². The number of carbonyl (C=O) groups is 1. The van der Waals surface area contributed by atoms with Gasteiger partial charge in [-0.05, 0) is 36.8 Å². The highest BCUT2D eigenvalue weighted by Gasteiger charge is 2.46. The maximum atomic E-state index is 13.7. The van der Waals surface area contributed by atoms with E-state index in [2.05, 4.69) is 5.32 Å². The number of hydrogen-bond acceptors (Lipinski definition) is 3. The summed E-state index contributed by atoms with van der Waals surface area (Å²) in [5.74, 6) is -2.68. The number of benzene rings is 1. The van der Waals surface area contributed by atoms with Crippen LogP contribution in [0.15, 0.2) is 18.2 Å². The monoisotopic (exact) mass is 329 g/mol. The lowest BCUT2D eigenvalue weighted by molar-refractivity contribution is -0.123. The molecule has 3 atom stereocenters. The van der Waals surface area contributed by atoms with Crippen LogP contribution in [0, 0.1) is 17.6 Å². The van der Waals surface area contributed by atoms with E-state index in [-0.39, 0.29) is 34.9 Å². The van der Waals surface area contributed by atoms with E-state index in [1.807, 2.05) is 0 Å². The number of halogens is 2. The molecule has 7 heteroatoms. The second-order valence-corrected chi connectivity index (χ2v) is 8.28. The first-order valence-corrected chi connectivity index (χ1v) is 9.14. The van der Waals surface area contributed by atoms with Crippen molar-refractivity contribution in [1.82, 2.24) is 5.32 Å². The number of sulfone groups is 1. The van der Waals surface area contributed by atoms with Gasteiger partial charge in [-0.3, -0.25) is 4.79 Å². The average Bonchev–Trinajstić information content (AvgIpc) is 3.21. The standard InChI is InChI=1S/C15H17F2NO3S/c16-13-5-1-4-10(14(13)17)11-7-12(11)15(19)18-9-3-2-6-22(20,21)8-9/h1,4-5,9,11-12H,2-3,6-8H2,(H,18,19)/t9-,11-,12+/m1/s1. The second kappa shape index (κ2) is 5.61. The summed E-state index contributed by atoms with van der Waals surface area (Å²) in [6.07, 6.45) is 1.64. The van der Waals surface area contributed by atoms with Crippen LogP contribution in [0.2, 0.25) is 0 Å². The van der Waals surface area contributed by atoms with Crippen molar-refractivity contribution in [2.24, 2.45) is 5.92 Å². The van der Waals surface area contributed by atoms with Gasteiger partial charge < -0.3 is 5.32 Å². The molecule has 1 heterocycles. The normalized spacial score (nSPS) is 29.8. The van der Waals surface area contributed by atoms with Crippen LogP contribution in [0.1, 0.15) is 30.7 Å². The van der Waals surface area contributed by atoms with E-state index in [9.17, 15) is 22.0 Å². The number of nitrogens with one attached hydrogen (secondary N) is 1. The van der Waals surface area contributed by atoms with Gasteiger partial charge in [0, 0.05) is 12.0 Å². The minimum atomic E-state index is -3.09. The molecule has 1 aromatic rings. The highest BCUT2D eigenvalue weighted by atomic mass is 32.2. The summed E-state index contributed by atoms with van der Waals surface area (Å²) in [7, 11) is -3.09. The molecule has 2 aliphatic rings. The molecule has 0 radical (unpaired) electrons. The van der Waals surface area contributed by atoms with E-state index in [1.165, 1.54) is 12.1 Å². The summed E-state index contributed by atoms with van der Waals surface area (Å²) >= 11 is 0. The molecule has 120 valence electrons. The predicted molar refractivity (Wildman–Crippen MR) is 77.0 cm³/mol. The molecule has 0 spiro atoms. The van der Waals surface area contributed by atoms with Crippen LogP contribution in [0.4, 0.5) is 8.78 Å². The maximum absolute atomic E-state index is 13.7. The molecule has 0 aromatic heterocycles. The van der Waals surface area contributed by atoms with E-state index in [0.29, 0.717) is 19.3 Å². The quantitative estimate of drug-likeness (QED) is 0.919. The number of carbonyl (C=O) groups excluding carboxylic acids is 1. The lowest BCUT2D eigenvalue weighted by atomic mass is 10.1. The van der Waals surface area contributed by atoms with Gasteiger partial charge in [0.15, 0.2) is 21.5 Å². The molecule has 22 heavy (non-hydrogen) atoms. The summed E-state index contributed by atoms with van der Waals surface area (Å²) in [5.41, 5.74) is 0.219. The minimum Gasteiger partial charge on any atom is -0.352 e. The van der Waals surface area contributed by atoms with E-state index in [0.717, 1.165) is 6.07 Å².